The predicted octanol–water partition coefficient (Wildman–Crippen LogP) is -0.00290. The molecular formula is C8H11NO2. The minimum atomic E-state index is -1.49. The summed E-state index contributed by atoms with van der Waals surface area (Å²) in [6, 6.07) is 8.25. The van der Waals surface area contributed by atoms with Crippen LogP contribution in [-0.2, 0) is 0 Å². The molecule has 11 heavy (non-hydrogen) atoms. The number of rotatable bonds is 2. The summed E-state index contributed by atoms with van der Waals surface area (Å²) in [5.41, 5.74) is 6.16. The molecule has 3 heteroatoms. The largest absolute Gasteiger partial charge is 0.366 e. The highest BCUT2D eigenvalue weighted by atomic mass is 16.5. The minimum absolute atomic E-state index is 0.712. The average Bonchev–Trinajstić information content (AvgIpc) is 2.05. The zero-order valence-electron chi connectivity index (χ0n) is 6.01. The molecule has 1 atom stereocenters. The van der Waals surface area contributed by atoms with Gasteiger partial charge in [-0.3, -0.25) is 0 Å². The molecule has 0 heterocycles. The van der Waals surface area contributed by atoms with Gasteiger partial charge >= 0.3 is 0 Å². The van der Waals surface area contributed by atoms with E-state index in [9.17, 15) is 0 Å². The Morgan fingerprint density at radius 2 is 1.64 bits per heavy atom. The maximum absolute atomic E-state index is 8.70. The van der Waals surface area contributed by atoms with Crippen molar-refractivity contribution in [1.82, 2.24) is 0 Å². The van der Waals surface area contributed by atoms with Crippen LogP contribution < -0.4 is 5.73 Å². The fraction of sp³-hybridized carbons (Fsp3) is 0.250. The lowest BCUT2D eigenvalue weighted by Gasteiger charge is -2.12. The zero-order chi connectivity index (χ0) is 8.27. The van der Waals surface area contributed by atoms with E-state index < -0.39 is 12.3 Å². The number of aliphatic hydroxyl groups is 2. The molecule has 0 spiro atoms. The summed E-state index contributed by atoms with van der Waals surface area (Å²) in [5.74, 6) is 0. The second kappa shape index (κ2) is 3.48. The van der Waals surface area contributed by atoms with Gasteiger partial charge < -0.3 is 15.9 Å². The van der Waals surface area contributed by atoms with Gasteiger partial charge in [-0.25, -0.2) is 0 Å². The van der Waals surface area contributed by atoms with Gasteiger partial charge in [-0.05, 0) is 5.56 Å². The van der Waals surface area contributed by atoms with E-state index in [0.29, 0.717) is 0 Å². The molecule has 1 rings (SSSR count). The second-order valence-corrected chi connectivity index (χ2v) is 2.35. The first-order chi connectivity index (χ1) is 5.22. The predicted molar refractivity (Wildman–Crippen MR) is 41.6 cm³/mol. The molecule has 0 aliphatic heterocycles. The van der Waals surface area contributed by atoms with E-state index in [-0.39, 0.29) is 0 Å². The molecule has 60 valence electrons. The van der Waals surface area contributed by atoms with Gasteiger partial charge in [-0.15, -0.1) is 0 Å². The molecule has 0 aromatic heterocycles. The van der Waals surface area contributed by atoms with Gasteiger partial charge in [-0.1, -0.05) is 30.3 Å². The van der Waals surface area contributed by atoms with Crippen LogP contribution in [0.1, 0.15) is 11.6 Å². The standard InChI is InChI=1S/C8H11NO2/c9-7(8(10)11)6-4-2-1-3-5-6/h1-5,7-8,10-11H,9H2/t7-/m0/s1. The van der Waals surface area contributed by atoms with E-state index in [1.807, 2.05) is 6.07 Å². The van der Waals surface area contributed by atoms with E-state index in [1.54, 1.807) is 24.3 Å². The molecule has 0 aliphatic rings. The van der Waals surface area contributed by atoms with Crippen LogP contribution in [0.2, 0.25) is 0 Å². The number of benzene rings is 1. The summed E-state index contributed by atoms with van der Waals surface area (Å²) >= 11 is 0. The highest BCUT2D eigenvalue weighted by Crippen LogP contribution is 2.11. The van der Waals surface area contributed by atoms with Crippen molar-refractivity contribution in [2.75, 3.05) is 0 Å². The Labute approximate surface area is 65.1 Å². The first-order valence-electron chi connectivity index (χ1n) is 3.38. The van der Waals surface area contributed by atoms with Crippen LogP contribution in [0, 0.1) is 0 Å². The number of hydrogen-bond donors (Lipinski definition) is 3. The Hall–Kier alpha value is -0.900. The third-order valence-corrected chi connectivity index (χ3v) is 1.51. The van der Waals surface area contributed by atoms with Gasteiger partial charge in [0, 0.05) is 0 Å². The van der Waals surface area contributed by atoms with Crippen molar-refractivity contribution in [1.29, 1.82) is 0 Å². The molecule has 3 nitrogen and oxygen atoms in total. The van der Waals surface area contributed by atoms with Gasteiger partial charge in [0.15, 0.2) is 6.29 Å². The van der Waals surface area contributed by atoms with E-state index in [1.165, 1.54) is 0 Å². The molecule has 0 radical (unpaired) electrons. The summed E-state index contributed by atoms with van der Waals surface area (Å²) in [6.07, 6.45) is -1.49. The SMILES string of the molecule is N[C@@H](c1ccccc1)C(O)O. The first-order valence-corrected chi connectivity index (χ1v) is 3.38. The van der Waals surface area contributed by atoms with Crippen LogP contribution in [0.4, 0.5) is 0 Å². The lowest BCUT2D eigenvalue weighted by molar-refractivity contribution is -0.0589. The number of aliphatic hydroxyl groups excluding tert-OH is 1. The highest BCUT2D eigenvalue weighted by Gasteiger charge is 2.11. The maximum atomic E-state index is 8.70. The van der Waals surface area contributed by atoms with Crippen LogP contribution in [0.3, 0.4) is 0 Å². The van der Waals surface area contributed by atoms with E-state index in [4.69, 9.17) is 15.9 Å². The normalized spacial score (nSPS) is 13.5. The number of hydrogen-bond acceptors (Lipinski definition) is 3. The molecule has 1 aromatic rings. The smallest absolute Gasteiger partial charge is 0.171 e. The van der Waals surface area contributed by atoms with Crippen LogP contribution >= 0.6 is 0 Å². The molecular weight excluding hydrogens is 142 g/mol. The lowest BCUT2D eigenvalue weighted by Crippen LogP contribution is -2.25. The Balaban J connectivity index is 2.77. The first kappa shape index (κ1) is 8.20. The fourth-order valence-corrected chi connectivity index (χ4v) is 0.847. The van der Waals surface area contributed by atoms with Gasteiger partial charge in [-0.2, -0.15) is 0 Å². The van der Waals surface area contributed by atoms with Crippen molar-refractivity contribution >= 4 is 0 Å². The summed E-state index contributed by atoms with van der Waals surface area (Å²) < 4.78 is 0. The van der Waals surface area contributed by atoms with Gasteiger partial charge in [0.2, 0.25) is 0 Å². The highest BCUT2D eigenvalue weighted by molar-refractivity contribution is 5.18. The molecule has 1 aromatic carbocycles. The quantitative estimate of drug-likeness (QED) is 0.524. The van der Waals surface area contributed by atoms with Crippen LogP contribution in [0.25, 0.3) is 0 Å². The van der Waals surface area contributed by atoms with Crippen molar-refractivity contribution in [3.05, 3.63) is 35.9 Å². The lowest BCUT2D eigenvalue weighted by atomic mass is 10.1. The van der Waals surface area contributed by atoms with E-state index >= 15 is 0 Å². The molecule has 0 bridgehead atoms. The Morgan fingerprint density at radius 3 is 2.09 bits per heavy atom. The van der Waals surface area contributed by atoms with Gasteiger partial charge in [0.1, 0.15) is 0 Å². The second-order valence-electron chi connectivity index (χ2n) is 2.35. The topological polar surface area (TPSA) is 66.5 Å². The van der Waals surface area contributed by atoms with E-state index in [0.717, 1.165) is 5.56 Å². The molecule has 4 N–H and O–H groups in total. The number of nitrogens with two attached hydrogens (primary N) is 1. The summed E-state index contributed by atoms with van der Waals surface area (Å²) in [6.45, 7) is 0. The third kappa shape index (κ3) is 2.01. The van der Waals surface area contributed by atoms with Crippen LogP contribution in [0.15, 0.2) is 30.3 Å². The van der Waals surface area contributed by atoms with Crippen molar-refractivity contribution in [2.24, 2.45) is 5.73 Å². The molecule has 0 saturated carbocycles. The molecule has 0 fully saturated rings. The summed E-state index contributed by atoms with van der Waals surface area (Å²) in [7, 11) is 0. The van der Waals surface area contributed by atoms with Crippen molar-refractivity contribution in [3.8, 4) is 0 Å². The monoisotopic (exact) mass is 153 g/mol. The maximum Gasteiger partial charge on any atom is 0.171 e. The van der Waals surface area contributed by atoms with Crippen molar-refractivity contribution < 1.29 is 10.2 Å². The van der Waals surface area contributed by atoms with Crippen LogP contribution in [-0.4, -0.2) is 16.5 Å². The van der Waals surface area contributed by atoms with Gasteiger partial charge in [0.25, 0.3) is 0 Å². The molecule has 0 amide bonds. The fourth-order valence-electron chi connectivity index (χ4n) is 0.847. The Bertz CT molecular complexity index is 211. The summed E-state index contributed by atoms with van der Waals surface area (Å²) in [5, 5.41) is 17.4. The zero-order valence-corrected chi connectivity index (χ0v) is 6.01. The Kier molecular flexibility index (Phi) is 2.59. The average molecular weight is 153 g/mol. The molecule has 0 saturated heterocycles. The van der Waals surface area contributed by atoms with E-state index in [2.05, 4.69) is 0 Å². The summed E-state index contributed by atoms with van der Waals surface area (Å²) in [4.78, 5) is 0. The minimum Gasteiger partial charge on any atom is -0.366 e. The molecule has 0 unspecified atom stereocenters. The van der Waals surface area contributed by atoms with Crippen molar-refractivity contribution in [2.45, 2.75) is 12.3 Å². The van der Waals surface area contributed by atoms with Crippen molar-refractivity contribution in [3.63, 3.8) is 0 Å². The third-order valence-electron chi connectivity index (χ3n) is 1.51. The molecule has 0 aliphatic carbocycles. The Morgan fingerprint density at radius 1 is 1.09 bits per heavy atom. The van der Waals surface area contributed by atoms with Crippen LogP contribution in [0.5, 0.6) is 0 Å². The van der Waals surface area contributed by atoms with Gasteiger partial charge in [0.05, 0.1) is 6.04 Å².